The van der Waals surface area contributed by atoms with E-state index < -0.39 is 47.2 Å². The lowest BCUT2D eigenvalue weighted by molar-refractivity contribution is -0.151. The smallest absolute Gasteiger partial charge is 0.416 e. The first-order chi connectivity index (χ1) is 14.0. The van der Waals surface area contributed by atoms with Crippen LogP contribution >= 0.6 is 11.6 Å². The van der Waals surface area contributed by atoms with Crippen molar-refractivity contribution < 1.29 is 37.0 Å². The van der Waals surface area contributed by atoms with Crippen molar-refractivity contribution in [3.8, 4) is 0 Å². The number of benzene rings is 1. The largest absolute Gasteiger partial charge is 0.465 e. The highest BCUT2D eigenvalue weighted by Crippen LogP contribution is 2.38. The number of Topliss-reactive ketones (excluding diaryl/α,β-unsaturated/α-hetero) is 1. The van der Waals surface area contributed by atoms with E-state index in [0.717, 1.165) is 18.2 Å². The lowest BCUT2D eigenvalue weighted by Crippen LogP contribution is -2.36. The molecule has 1 aromatic rings. The second-order valence-electron chi connectivity index (χ2n) is 6.25. The first kappa shape index (κ1) is 25.5. The zero-order valence-electron chi connectivity index (χ0n) is 16.7. The standard InChI is InChI=1S/C20H23ClF3NO5/c1-4-29-18(27)15(11(3)25)16(17(14(26)10-21)19(28)30-5-2)12-7-6-8-13(9-12)20(22,23)24/h6-9,16-17H,4-5,10,25H2,1-3H3. The quantitative estimate of drug-likeness (QED) is 0.268. The Labute approximate surface area is 177 Å². The van der Waals surface area contributed by atoms with Crippen LogP contribution < -0.4 is 5.73 Å². The Hall–Kier alpha value is -2.55. The molecule has 10 heteroatoms. The molecule has 0 aliphatic heterocycles. The Bertz CT molecular complexity index is 819. The van der Waals surface area contributed by atoms with Gasteiger partial charge in [-0.2, -0.15) is 13.2 Å². The minimum absolute atomic E-state index is 0.0571. The highest BCUT2D eigenvalue weighted by molar-refractivity contribution is 6.29. The van der Waals surface area contributed by atoms with Gasteiger partial charge in [0.15, 0.2) is 5.78 Å². The maximum Gasteiger partial charge on any atom is 0.416 e. The van der Waals surface area contributed by atoms with Crippen LogP contribution in [-0.4, -0.2) is 36.8 Å². The van der Waals surface area contributed by atoms with Gasteiger partial charge in [0.1, 0.15) is 5.92 Å². The number of esters is 2. The molecule has 0 amide bonds. The molecule has 0 aliphatic carbocycles. The van der Waals surface area contributed by atoms with Crippen LogP contribution in [0, 0.1) is 5.92 Å². The van der Waals surface area contributed by atoms with Gasteiger partial charge >= 0.3 is 18.1 Å². The summed E-state index contributed by atoms with van der Waals surface area (Å²) < 4.78 is 49.7. The number of ether oxygens (including phenoxy) is 2. The average molecular weight is 450 g/mol. The summed E-state index contributed by atoms with van der Waals surface area (Å²) in [5.74, 6) is -6.63. The van der Waals surface area contributed by atoms with E-state index in [-0.39, 0.29) is 30.0 Å². The second kappa shape index (κ2) is 11.0. The van der Waals surface area contributed by atoms with Crippen LogP contribution in [0.2, 0.25) is 0 Å². The van der Waals surface area contributed by atoms with Crippen LogP contribution in [0.4, 0.5) is 13.2 Å². The number of allylic oxidation sites excluding steroid dienone is 1. The van der Waals surface area contributed by atoms with Crippen molar-refractivity contribution >= 4 is 29.3 Å². The van der Waals surface area contributed by atoms with Crippen molar-refractivity contribution in [3.63, 3.8) is 0 Å². The van der Waals surface area contributed by atoms with E-state index in [1.807, 2.05) is 0 Å². The van der Waals surface area contributed by atoms with Gasteiger partial charge in [0.05, 0.1) is 30.2 Å². The van der Waals surface area contributed by atoms with Crippen molar-refractivity contribution in [2.75, 3.05) is 19.1 Å². The van der Waals surface area contributed by atoms with Crippen LogP contribution in [0.1, 0.15) is 37.8 Å². The average Bonchev–Trinajstić information content (AvgIpc) is 2.66. The van der Waals surface area contributed by atoms with Crippen LogP contribution in [0.3, 0.4) is 0 Å². The van der Waals surface area contributed by atoms with Gasteiger partial charge in [-0.25, -0.2) is 4.79 Å². The molecule has 0 fully saturated rings. The number of alkyl halides is 4. The van der Waals surface area contributed by atoms with Gasteiger partial charge in [-0.05, 0) is 32.4 Å². The minimum atomic E-state index is -4.69. The normalized spacial score (nSPS) is 14.4. The maximum atomic E-state index is 13.3. The van der Waals surface area contributed by atoms with Gasteiger partial charge in [0, 0.05) is 11.6 Å². The minimum Gasteiger partial charge on any atom is -0.465 e. The summed E-state index contributed by atoms with van der Waals surface area (Å²) in [6.07, 6.45) is -4.69. The Morgan fingerprint density at radius 3 is 2.20 bits per heavy atom. The molecule has 0 spiro atoms. The monoisotopic (exact) mass is 449 g/mol. The lowest BCUT2D eigenvalue weighted by atomic mass is 9.77. The van der Waals surface area contributed by atoms with Crippen LogP contribution in [0.5, 0.6) is 0 Å². The molecule has 2 unspecified atom stereocenters. The Kier molecular flexibility index (Phi) is 9.35. The number of nitrogens with two attached hydrogens (primary N) is 1. The molecule has 2 N–H and O–H groups in total. The van der Waals surface area contributed by atoms with E-state index >= 15 is 0 Å². The van der Waals surface area contributed by atoms with Gasteiger partial charge in [-0.15, -0.1) is 11.6 Å². The highest BCUT2D eigenvalue weighted by atomic mass is 35.5. The van der Waals surface area contributed by atoms with Gasteiger partial charge < -0.3 is 15.2 Å². The summed E-state index contributed by atoms with van der Waals surface area (Å²) in [5.41, 5.74) is 4.26. The third-order valence-corrected chi connectivity index (χ3v) is 4.42. The molecular weight excluding hydrogens is 427 g/mol. The van der Waals surface area contributed by atoms with E-state index in [9.17, 15) is 27.6 Å². The summed E-state index contributed by atoms with van der Waals surface area (Å²) in [5, 5.41) is 0. The molecule has 0 saturated heterocycles. The SMILES string of the molecule is CCOC(=O)C(=C(C)N)C(c1cccc(C(F)(F)F)c1)C(C(=O)CCl)C(=O)OCC. The van der Waals surface area contributed by atoms with E-state index in [1.54, 1.807) is 0 Å². The molecule has 6 nitrogen and oxygen atoms in total. The Morgan fingerprint density at radius 1 is 1.13 bits per heavy atom. The first-order valence-corrected chi connectivity index (χ1v) is 9.58. The molecule has 1 rings (SSSR count). The molecule has 0 bridgehead atoms. The molecule has 0 saturated carbocycles. The molecule has 30 heavy (non-hydrogen) atoms. The number of hydrogen-bond acceptors (Lipinski definition) is 6. The zero-order chi connectivity index (χ0) is 23.1. The number of carbonyl (C=O) groups excluding carboxylic acids is 3. The maximum absolute atomic E-state index is 13.3. The molecule has 2 atom stereocenters. The third kappa shape index (κ3) is 6.22. The first-order valence-electron chi connectivity index (χ1n) is 9.05. The molecule has 1 aromatic carbocycles. The van der Waals surface area contributed by atoms with Crippen LogP contribution in [0.15, 0.2) is 35.5 Å². The molecule has 166 valence electrons. The van der Waals surface area contributed by atoms with E-state index in [2.05, 4.69) is 0 Å². The lowest BCUT2D eigenvalue weighted by Gasteiger charge is -2.27. The second-order valence-corrected chi connectivity index (χ2v) is 6.51. The van der Waals surface area contributed by atoms with Crippen molar-refractivity contribution in [1.29, 1.82) is 0 Å². The third-order valence-electron chi connectivity index (χ3n) is 4.16. The summed E-state index contributed by atoms with van der Waals surface area (Å²) in [4.78, 5) is 37.8. The fourth-order valence-electron chi connectivity index (χ4n) is 2.94. The predicted molar refractivity (Wildman–Crippen MR) is 104 cm³/mol. The van der Waals surface area contributed by atoms with Crippen LogP contribution in [0.25, 0.3) is 0 Å². The number of ketones is 1. The molecular formula is C20H23ClF3NO5. The number of halogens is 4. The van der Waals surface area contributed by atoms with E-state index in [1.165, 1.54) is 26.8 Å². The summed E-state index contributed by atoms with van der Waals surface area (Å²) in [6, 6.07) is 3.94. The van der Waals surface area contributed by atoms with Gasteiger partial charge in [-0.1, -0.05) is 18.2 Å². The fraction of sp³-hybridized carbons (Fsp3) is 0.450. The topological polar surface area (TPSA) is 95.7 Å². The number of rotatable bonds is 9. The molecule has 0 aromatic heterocycles. The fourth-order valence-corrected chi connectivity index (χ4v) is 3.11. The van der Waals surface area contributed by atoms with Crippen LogP contribution in [-0.2, 0) is 30.0 Å². The predicted octanol–water partition coefficient (Wildman–Crippen LogP) is 3.57. The van der Waals surface area contributed by atoms with Crippen molar-refractivity contribution in [2.45, 2.75) is 32.9 Å². The van der Waals surface area contributed by atoms with Gasteiger partial charge in [-0.3, -0.25) is 9.59 Å². The summed E-state index contributed by atoms with van der Waals surface area (Å²) in [6.45, 7) is 4.18. The van der Waals surface area contributed by atoms with Gasteiger partial charge in [0.25, 0.3) is 0 Å². The van der Waals surface area contributed by atoms with Gasteiger partial charge in [0.2, 0.25) is 0 Å². The van der Waals surface area contributed by atoms with Crippen molar-refractivity contribution in [1.82, 2.24) is 0 Å². The van der Waals surface area contributed by atoms with Crippen molar-refractivity contribution in [2.24, 2.45) is 11.7 Å². The number of carbonyl (C=O) groups is 3. The van der Waals surface area contributed by atoms with E-state index in [4.69, 9.17) is 26.8 Å². The Morgan fingerprint density at radius 2 is 1.73 bits per heavy atom. The summed E-state index contributed by atoms with van der Waals surface area (Å²) in [7, 11) is 0. The zero-order valence-corrected chi connectivity index (χ0v) is 17.5. The molecule has 0 radical (unpaired) electrons. The highest BCUT2D eigenvalue weighted by Gasteiger charge is 2.42. The summed E-state index contributed by atoms with van der Waals surface area (Å²) >= 11 is 5.65. The van der Waals surface area contributed by atoms with E-state index in [0.29, 0.717) is 0 Å². The van der Waals surface area contributed by atoms with Crippen molar-refractivity contribution in [3.05, 3.63) is 46.7 Å². The molecule has 0 heterocycles. The number of hydrogen-bond donors (Lipinski definition) is 1. The Balaban J connectivity index is 3.83. The molecule has 0 aliphatic rings.